The summed E-state index contributed by atoms with van der Waals surface area (Å²) in [4.78, 5) is 24.1. The molecule has 30 heavy (non-hydrogen) atoms. The zero-order valence-electron chi connectivity index (χ0n) is 19.6. The van der Waals surface area contributed by atoms with Gasteiger partial charge in [-0.2, -0.15) is 0 Å². The van der Waals surface area contributed by atoms with E-state index in [-0.39, 0.29) is 35.9 Å². The molecule has 2 saturated carbocycles. The Morgan fingerprint density at radius 3 is 2.40 bits per heavy atom. The third-order valence-corrected chi connectivity index (χ3v) is 8.76. The summed E-state index contributed by atoms with van der Waals surface area (Å²) >= 11 is 0. The average Bonchev–Trinajstić information content (AvgIpc) is 2.63. The fourth-order valence-corrected chi connectivity index (χ4v) is 7.49. The van der Waals surface area contributed by atoms with E-state index < -0.39 is 12.1 Å². The van der Waals surface area contributed by atoms with Gasteiger partial charge in [0.2, 0.25) is 0 Å². The third-order valence-electron chi connectivity index (χ3n) is 8.76. The maximum atomic E-state index is 13.2. The average molecular weight is 421 g/mol. The van der Waals surface area contributed by atoms with Gasteiger partial charge in [0.15, 0.2) is 0 Å². The summed E-state index contributed by atoms with van der Waals surface area (Å²) < 4.78 is 10.4. The number of hydrogen-bond acceptors (Lipinski definition) is 5. The maximum absolute atomic E-state index is 13.2. The molecule has 1 N–H and O–H groups in total. The molecule has 0 radical (unpaired) electrons. The molecule has 0 saturated heterocycles. The summed E-state index contributed by atoms with van der Waals surface area (Å²) in [7, 11) is 0. The highest BCUT2D eigenvalue weighted by Gasteiger charge is 2.62. The van der Waals surface area contributed by atoms with Gasteiger partial charge in [-0.25, -0.2) is 0 Å². The van der Waals surface area contributed by atoms with Crippen molar-refractivity contribution < 1.29 is 24.2 Å². The van der Waals surface area contributed by atoms with E-state index >= 15 is 0 Å². The highest BCUT2D eigenvalue weighted by atomic mass is 16.6. The predicted molar refractivity (Wildman–Crippen MR) is 116 cm³/mol. The van der Waals surface area contributed by atoms with Gasteiger partial charge >= 0.3 is 11.9 Å². The van der Waals surface area contributed by atoms with Gasteiger partial charge in [0.25, 0.3) is 0 Å². The van der Waals surface area contributed by atoms with Crippen molar-refractivity contribution in [3.05, 3.63) is 11.6 Å². The van der Waals surface area contributed by atoms with E-state index in [1.807, 2.05) is 6.92 Å². The molecular formula is C25H40O5. The SMILES string of the molecule is CC(=O)OCC(O)COC(=O)[C@@H]1C(C)=CC[C@H]2[C@@]1(C)CC[C@H]1C(C)(C)CCC[C@]21C. The number of aliphatic hydroxyl groups excluding tert-OH is 1. The second-order valence-corrected chi connectivity index (χ2v) is 11.2. The molecule has 0 amide bonds. The highest BCUT2D eigenvalue weighted by molar-refractivity contribution is 5.77. The Hall–Kier alpha value is -1.36. The first kappa shape index (κ1) is 23.3. The van der Waals surface area contributed by atoms with E-state index in [2.05, 4.69) is 33.8 Å². The fourth-order valence-electron chi connectivity index (χ4n) is 7.49. The summed E-state index contributed by atoms with van der Waals surface area (Å²) in [5.41, 5.74) is 1.54. The molecule has 5 nitrogen and oxygen atoms in total. The Morgan fingerprint density at radius 2 is 1.73 bits per heavy atom. The van der Waals surface area contributed by atoms with E-state index in [1.54, 1.807) is 0 Å². The van der Waals surface area contributed by atoms with Gasteiger partial charge in [-0.3, -0.25) is 9.59 Å². The largest absolute Gasteiger partial charge is 0.463 e. The number of carbonyl (C=O) groups excluding carboxylic acids is 2. The van der Waals surface area contributed by atoms with Gasteiger partial charge in [0.05, 0.1) is 5.92 Å². The van der Waals surface area contributed by atoms with E-state index in [0.717, 1.165) is 24.8 Å². The van der Waals surface area contributed by atoms with Crippen LogP contribution in [0.1, 0.15) is 80.1 Å². The van der Waals surface area contributed by atoms with Crippen LogP contribution in [0.3, 0.4) is 0 Å². The molecular weight excluding hydrogens is 380 g/mol. The standard InChI is InChI=1S/C25H40O5/c1-16-8-9-20-24(5)12-7-11-23(3,4)19(24)10-13-25(20,6)21(16)22(28)30-15-18(27)14-29-17(2)26/h8,18-21,27H,7,9-15H2,1-6H3/t18?,19-,20+,21-,24-,25+/m0/s1. The first-order valence-corrected chi connectivity index (χ1v) is 11.6. The molecule has 1 unspecified atom stereocenters. The van der Waals surface area contributed by atoms with Crippen LogP contribution >= 0.6 is 0 Å². The van der Waals surface area contributed by atoms with Crippen LogP contribution in [-0.4, -0.2) is 36.4 Å². The van der Waals surface area contributed by atoms with Crippen LogP contribution < -0.4 is 0 Å². The molecule has 0 aromatic carbocycles. The van der Waals surface area contributed by atoms with Crippen LogP contribution in [0.25, 0.3) is 0 Å². The number of aliphatic hydroxyl groups is 1. The third kappa shape index (κ3) is 4.06. The molecule has 2 fully saturated rings. The number of ether oxygens (including phenoxy) is 2. The van der Waals surface area contributed by atoms with Crippen LogP contribution in [0.15, 0.2) is 11.6 Å². The van der Waals surface area contributed by atoms with Crippen LogP contribution in [0, 0.1) is 34.0 Å². The first-order chi connectivity index (χ1) is 13.9. The summed E-state index contributed by atoms with van der Waals surface area (Å²) in [6, 6.07) is 0. The molecule has 170 valence electrons. The van der Waals surface area contributed by atoms with Crippen molar-refractivity contribution in [2.75, 3.05) is 13.2 Å². The minimum absolute atomic E-state index is 0.130. The second-order valence-electron chi connectivity index (χ2n) is 11.2. The van der Waals surface area contributed by atoms with Crippen molar-refractivity contribution in [1.82, 2.24) is 0 Å². The molecule has 0 heterocycles. The first-order valence-electron chi connectivity index (χ1n) is 11.6. The quantitative estimate of drug-likeness (QED) is 0.517. The Balaban J connectivity index is 1.78. The normalized spacial score (nSPS) is 38.5. The van der Waals surface area contributed by atoms with Crippen molar-refractivity contribution in [2.24, 2.45) is 34.0 Å². The lowest BCUT2D eigenvalue weighted by Gasteiger charge is -2.64. The van der Waals surface area contributed by atoms with Gasteiger partial charge in [0.1, 0.15) is 19.3 Å². The zero-order valence-corrected chi connectivity index (χ0v) is 19.6. The van der Waals surface area contributed by atoms with Gasteiger partial charge in [-0.1, -0.05) is 45.8 Å². The number of allylic oxidation sites excluding steroid dienone is 1. The summed E-state index contributed by atoms with van der Waals surface area (Å²) in [5.74, 6) is 0.151. The Morgan fingerprint density at radius 1 is 1.07 bits per heavy atom. The molecule has 5 heteroatoms. The minimum atomic E-state index is -0.998. The summed E-state index contributed by atoms with van der Waals surface area (Å²) in [6.07, 6.45) is 8.25. The van der Waals surface area contributed by atoms with Crippen molar-refractivity contribution in [3.63, 3.8) is 0 Å². The molecule has 3 rings (SSSR count). The van der Waals surface area contributed by atoms with Crippen molar-refractivity contribution in [1.29, 1.82) is 0 Å². The topological polar surface area (TPSA) is 72.8 Å². The van der Waals surface area contributed by atoms with Crippen LogP contribution in [-0.2, 0) is 19.1 Å². The number of fused-ring (bicyclic) bond motifs is 3. The lowest BCUT2D eigenvalue weighted by atomic mass is 9.40. The van der Waals surface area contributed by atoms with Crippen molar-refractivity contribution >= 4 is 11.9 Å². The van der Waals surface area contributed by atoms with Crippen LogP contribution in [0.4, 0.5) is 0 Å². The lowest BCUT2D eigenvalue weighted by Crippen LogP contribution is -2.58. The minimum Gasteiger partial charge on any atom is -0.463 e. The van der Waals surface area contributed by atoms with Gasteiger partial charge in [-0.15, -0.1) is 0 Å². The van der Waals surface area contributed by atoms with E-state index in [1.165, 1.54) is 26.2 Å². The Bertz CT molecular complexity index is 710. The van der Waals surface area contributed by atoms with Gasteiger partial charge < -0.3 is 14.6 Å². The molecule has 0 bridgehead atoms. The number of esters is 2. The Kier molecular flexibility index (Phi) is 6.44. The number of carbonyl (C=O) groups is 2. The van der Waals surface area contributed by atoms with Crippen molar-refractivity contribution in [3.8, 4) is 0 Å². The van der Waals surface area contributed by atoms with E-state index in [9.17, 15) is 14.7 Å². The highest BCUT2D eigenvalue weighted by Crippen LogP contribution is 2.68. The van der Waals surface area contributed by atoms with Crippen LogP contribution in [0.2, 0.25) is 0 Å². The molecule has 0 aromatic heterocycles. The molecule has 6 atom stereocenters. The van der Waals surface area contributed by atoms with Crippen LogP contribution in [0.5, 0.6) is 0 Å². The van der Waals surface area contributed by atoms with Gasteiger partial charge in [-0.05, 0) is 67.1 Å². The van der Waals surface area contributed by atoms with Gasteiger partial charge in [0, 0.05) is 6.92 Å². The number of hydrogen-bond donors (Lipinski definition) is 1. The van der Waals surface area contributed by atoms with E-state index in [4.69, 9.17) is 9.47 Å². The summed E-state index contributed by atoms with van der Waals surface area (Å²) in [5, 5.41) is 9.99. The Labute approximate surface area is 181 Å². The summed E-state index contributed by atoms with van der Waals surface area (Å²) in [6.45, 7) is 12.6. The molecule has 3 aliphatic carbocycles. The molecule has 0 aromatic rings. The molecule has 0 aliphatic heterocycles. The lowest BCUT2D eigenvalue weighted by molar-refractivity contribution is -0.174. The second kappa shape index (κ2) is 8.29. The zero-order chi connectivity index (χ0) is 22.3. The molecule has 3 aliphatic rings. The van der Waals surface area contributed by atoms with Crippen molar-refractivity contribution in [2.45, 2.75) is 86.2 Å². The predicted octanol–water partition coefficient (Wildman–Crippen LogP) is 4.67. The smallest absolute Gasteiger partial charge is 0.313 e. The maximum Gasteiger partial charge on any atom is 0.313 e. The molecule has 0 spiro atoms. The monoisotopic (exact) mass is 420 g/mol. The van der Waals surface area contributed by atoms with E-state index in [0.29, 0.717) is 17.3 Å². The fraction of sp³-hybridized carbons (Fsp3) is 0.840. The number of rotatable bonds is 5.